The Morgan fingerprint density at radius 1 is 1.39 bits per heavy atom. The summed E-state index contributed by atoms with van der Waals surface area (Å²) in [6.45, 7) is 0.898. The van der Waals surface area contributed by atoms with Crippen molar-refractivity contribution >= 4 is 17.6 Å². The highest BCUT2D eigenvalue weighted by Gasteiger charge is 2.45. The summed E-state index contributed by atoms with van der Waals surface area (Å²) >= 11 is 6.15. The molecular weight excluding hydrogens is 310 g/mol. The number of rotatable bonds is 4. The third-order valence-electron chi connectivity index (χ3n) is 5.54. The van der Waals surface area contributed by atoms with Gasteiger partial charge in [0.25, 0.3) is 0 Å². The van der Waals surface area contributed by atoms with Gasteiger partial charge >= 0.3 is 0 Å². The largest absolute Gasteiger partial charge is 0.373 e. The van der Waals surface area contributed by atoms with Crippen LogP contribution in [0.1, 0.15) is 37.7 Å². The molecule has 0 amide bonds. The van der Waals surface area contributed by atoms with Crippen LogP contribution in [0, 0.1) is 0 Å². The van der Waals surface area contributed by atoms with Gasteiger partial charge in [-0.15, -0.1) is 0 Å². The van der Waals surface area contributed by atoms with Gasteiger partial charge in [0.05, 0.1) is 18.2 Å². The minimum Gasteiger partial charge on any atom is -0.373 e. The Kier molecular flexibility index (Phi) is 3.98. The first-order chi connectivity index (χ1) is 11.2. The molecule has 3 unspecified atom stereocenters. The lowest BCUT2D eigenvalue weighted by Crippen LogP contribution is -2.49. The van der Waals surface area contributed by atoms with Crippen LogP contribution >= 0.6 is 11.6 Å². The third-order valence-corrected chi connectivity index (χ3v) is 5.77. The van der Waals surface area contributed by atoms with Crippen LogP contribution in [-0.2, 0) is 10.2 Å². The van der Waals surface area contributed by atoms with Crippen molar-refractivity contribution in [1.82, 2.24) is 10.6 Å². The number of hydrogen-bond donors (Lipinski definition) is 2. The molecule has 2 bridgehead atoms. The van der Waals surface area contributed by atoms with Crippen LogP contribution in [0.4, 0.5) is 0 Å². The molecule has 0 spiro atoms. The van der Waals surface area contributed by atoms with Gasteiger partial charge in [0.2, 0.25) is 0 Å². The molecule has 4 nitrogen and oxygen atoms in total. The first kappa shape index (κ1) is 15.3. The SMILES string of the molecule is CN=C(NCC1(c2cccc(Cl)c2)CC1)NC1CC2CCC1O2. The second kappa shape index (κ2) is 5.99. The molecule has 0 radical (unpaired) electrons. The Balaban J connectivity index is 1.36. The number of ether oxygens (including phenoxy) is 1. The van der Waals surface area contributed by atoms with E-state index < -0.39 is 0 Å². The molecular formula is C18H24ClN3O. The fraction of sp³-hybridized carbons (Fsp3) is 0.611. The van der Waals surface area contributed by atoms with Crippen molar-refractivity contribution in [2.75, 3.05) is 13.6 Å². The molecule has 2 heterocycles. The number of halogens is 1. The maximum absolute atomic E-state index is 6.15. The Hall–Kier alpha value is -1.26. The topological polar surface area (TPSA) is 45.7 Å². The van der Waals surface area contributed by atoms with Crippen molar-refractivity contribution in [3.05, 3.63) is 34.9 Å². The van der Waals surface area contributed by atoms with Crippen LogP contribution in [0.15, 0.2) is 29.3 Å². The molecule has 2 N–H and O–H groups in total. The second-order valence-corrected chi connectivity index (χ2v) is 7.51. The summed E-state index contributed by atoms with van der Waals surface area (Å²) in [6, 6.07) is 8.65. The highest BCUT2D eigenvalue weighted by molar-refractivity contribution is 6.30. The summed E-state index contributed by atoms with van der Waals surface area (Å²) in [5.74, 6) is 0.888. The number of nitrogens with zero attached hydrogens (tertiary/aromatic N) is 1. The zero-order chi connectivity index (χ0) is 15.9. The van der Waals surface area contributed by atoms with Gasteiger partial charge in [0.15, 0.2) is 5.96 Å². The predicted molar refractivity (Wildman–Crippen MR) is 93.2 cm³/mol. The minimum absolute atomic E-state index is 0.216. The van der Waals surface area contributed by atoms with Crippen LogP contribution in [0.5, 0.6) is 0 Å². The van der Waals surface area contributed by atoms with E-state index >= 15 is 0 Å². The molecule has 3 fully saturated rings. The van der Waals surface area contributed by atoms with E-state index in [2.05, 4.69) is 27.8 Å². The highest BCUT2D eigenvalue weighted by Crippen LogP contribution is 2.48. The number of hydrogen-bond acceptors (Lipinski definition) is 2. The maximum Gasteiger partial charge on any atom is 0.191 e. The van der Waals surface area contributed by atoms with E-state index in [9.17, 15) is 0 Å². The first-order valence-corrected chi connectivity index (χ1v) is 8.95. The minimum atomic E-state index is 0.216. The number of benzene rings is 1. The highest BCUT2D eigenvalue weighted by atomic mass is 35.5. The predicted octanol–water partition coefficient (Wildman–Crippen LogP) is 2.86. The number of guanidine groups is 1. The van der Waals surface area contributed by atoms with Crippen LogP contribution in [0.2, 0.25) is 5.02 Å². The molecule has 2 aliphatic heterocycles. The Bertz CT molecular complexity index is 614. The Morgan fingerprint density at radius 2 is 2.26 bits per heavy atom. The van der Waals surface area contributed by atoms with Crippen LogP contribution in [0.25, 0.3) is 0 Å². The lowest BCUT2D eigenvalue weighted by Gasteiger charge is -2.24. The molecule has 23 heavy (non-hydrogen) atoms. The van der Waals surface area contributed by atoms with Crippen LogP contribution in [-0.4, -0.2) is 37.8 Å². The van der Waals surface area contributed by atoms with E-state index in [-0.39, 0.29) is 5.41 Å². The van der Waals surface area contributed by atoms with Crippen molar-refractivity contribution in [3.8, 4) is 0 Å². The first-order valence-electron chi connectivity index (χ1n) is 8.57. The average molecular weight is 334 g/mol. The molecule has 1 aromatic carbocycles. The van der Waals surface area contributed by atoms with Gasteiger partial charge in [-0.3, -0.25) is 4.99 Å². The van der Waals surface area contributed by atoms with Gasteiger partial charge < -0.3 is 15.4 Å². The molecule has 1 aliphatic carbocycles. The fourth-order valence-corrected chi connectivity index (χ4v) is 4.14. The van der Waals surface area contributed by atoms with Gasteiger partial charge in [-0.1, -0.05) is 23.7 Å². The van der Waals surface area contributed by atoms with E-state index in [1.54, 1.807) is 0 Å². The summed E-state index contributed by atoms with van der Waals surface area (Å²) in [5.41, 5.74) is 1.55. The molecule has 3 aliphatic rings. The Morgan fingerprint density at radius 3 is 2.87 bits per heavy atom. The summed E-state index contributed by atoms with van der Waals surface area (Å²) in [5, 5.41) is 7.88. The van der Waals surface area contributed by atoms with E-state index in [0.29, 0.717) is 18.2 Å². The van der Waals surface area contributed by atoms with Crippen LogP contribution in [0.3, 0.4) is 0 Å². The lowest BCUT2D eigenvalue weighted by molar-refractivity contribution is 0.0992. The van der Waals surface area contributed by atoms with Gasteiger partial charge in [-0.2, -0.15) is 0 Å². The molecule has 3 atom stereocenters. The van der Waals surface area contributed by atoms with E-state index in [4.69, 9.17) is 16.3 Å². The molecule has 2 saturated heterocycles. The standard InChI is InChI=1S/C18H24ClN3O/c1-20-17(22-15-10-14-5-6-16(15)23-14)21-11-18(7-8-18)12-3-2-4-13(19)9-12/h2-4,9,14-16H,5-8,10-11H2,1H3,(H2,20,21,22). The quantitative estimate of drug-likeness (QED) is 0.658. The number of aliphatic imine (C=N–C) groups is 1. The van der Waals surface area contributed by atoms with Gasteiger partial charge in [0, 0.05) is 24.0 Å². The monoisotopic (exact) mass is 333 g/mol. The van der Waals surface area contributed by atoms with E-state index in [0.717, 1.165) is 23.9 Å². The molecule has 1 saturated carbocycles. The summed E-state index contributed by atoms with van der Waals surface area (Å²) < 4.78 is 5.91. The summed E-state index contributed by atoms with van der Waals surface area (Å²) in [4.78, 5) is 4.39. The average Bonchev–Trinajstić information content (AvgIpc) is 3.07. The maximum atomic E-state index is 6.15. The van der Waals surface area contributed by atoms with Crippen molar-refractivity contribution < 1.29 is 4.74 Å². The van der Waals surface area contributed by atoms with Crippen molar-refractivity contribution in [2.24, 2.45) is 4.99 Å². The summed E-state index contributed by atoms with van der Waals surface area (Å²) in [6.07, 6.45) is 6.71. The van der Waals surface area contributed by atoms with Gasteiger partial charge in [-0.25, -0.2) is 0 Å². The van der Waals surface area contributed by atoms with E-state index in [1.807, 2.05) is 19.2 Å². The zero-order valence-corrected chi connectivity index (χ0v) is 14.3. The number of fused-ring (bicyclic) bond motifs is 2. The molecule has 1 aromatic rings. The zero-order valence-electron chi connectivity index (χ0n) is 13.5. The fourth-order valence-electron chi connectivity index (χ4n) is 3.95. The van der Waals surface area contributed by atoms with Crippen molar-refractivity contribution in [1.29, 1.82) is 0 Å². The van der Waals surface area contributed by atoms with Gasteiger partial charge in [0.1, 0.15) is 0 Å². The van der Waals surface area contributed by atoms with Crippen LogP contribution < -0.4 is 10.6 Å². The smallest absolute Gasteiger partial charge is 0.191 e. The van der Waals surface area contributed by atoms with E-state index in [1.165, 1.54) is 31.2 Å². The Labute approximate surface area is 142 Å². The van der Waals surface area contributed by atoms with Crippen molar-refractivity contribution in [3.63, 3.8) is 0 Å². The normalized spacial score (nSPS) is 31.2. The summed E-state index contributed by atoms with van der Waals surface area (Å²) in [7, 11) is 1.84. The third kappa shape index (κ3) is 3.07. The molecule has 0 aromatic heterocycles. The lowest BCUT2D eigenvalue weighted by atomic mass is 9.95. The molecule has 124 valence electrons. The van der Waals surface area contributed by atoms with Crippen molar-refractivity contribution in [2.45, 2.75) is 55.8 Å². The molecule has 4 rings (SSSR count). The van der Waals surface area contributed by atoms with Gasteiger partial charge in [-0.05, 0) is 49.8 Å². The second-order valence-electron chi connectivity index (χ2n) is 7.08. The molecule has 5 heteroatoms. The number of nitrogens with one attached hydrogen (secondary N) is 2.